The van der Waals surface area contributed by atoms with E-state index in [0.29, 0.717) is 17.5 Å². The van der Waals surface area contributed by atoms with Gasteiger partial charge in [0.1, 0.15) is 0 Å². The van der Waals surface area contributed by atoms with Crippen LogP contribution in [0.15, 0.2) is 84.1 Å². The number of H-pyrrole nitrogens is 2. The molecule has 1 fully saturated rings. The van der Waals surface area contributed by atoms with Crippen molar-refractivity contribution in [3.05, 3.63) is 101 Å². The van der Waals surface area contributed by atoms with Crippen molar-refractivity contribution in [3.63, 3.8) is 0 Å². The number of hydrogen-bond donors (Lipinski definition) is 4. The molecule has 6 rings (SSSR count). The minimum absolute atomic E-state index is 0.0997. The van der Waals surface area contributed by atoms with Crippen molar-refractivity contribution in [2.75, 3.05) is 43.4 Å². The lowest BCUT2D eigenvalue weighted by Gasteiger charge is -2.34. The molecule has 0 atom stereocenters. The van der Waals surface area contributed by atoms with Crippen LogP contribution in [0, 0.1) is 0 Å². The van der Waals surface area contributed by atoms with Crippen molar-refractivity contribution < 1.29 is 9.90 Å². The second-order valence-electron chi connectivity index (χ2n) is 10.1. The van der Waals surface area contributed by atoms with Gasteiger partial charge in [-0.25, -0.2) is 0 Å². The van der Waals surface area contributed by atoms with E-state index < -0.39 is 0 Å². The van der Waals surface area contributed by atoms with Crippen LogP contribution >= 0.6 is 0 Å². The van der Waals surface area contributed by atoms with Gasteiger partial charge in [0, 0.05) is 60.9 Å². The van der Waals surface area contributed by atoms with E-state index in [0.717, 1.165) is 59.6 Å². The molecule has 1 amide bonds. The summed E-state index contributed by atoms with van der Waals surface area (Å²) >= 11 is 0. The summed E-state index contributed by atoms with van der Waals surface area (Å²) < 4.78 is 0. The Morgan fingerprint density at radius 2 is 1.77 bits per heavy atom. The molecule has 4 N–H and O–H groups in total. The molecule has 0 unspecified atom stereocenters. The van der Waals surface area contributed by atoms with Crippen molar-refractivity contribution in [1.82, 2.24) is 20.1 Å². The highest BCUT2D eigenvalue weighted by Crippen LogP contribution is 2.29. The number of nitrogens with zero attached hydrogens (tertiary/aromatic N) is 4. The normalized spacial score (nSPS) is 14.3. The summed E-state index contributed by atoms with van der Waals surface area (Å²) in [7, 11) is 2.16. The van der Waals surface area contributed by atoms with Gasteiger partial charge < -0.3 is 25.2 Å². The van der Waals surface area contributed by atoms with Gasteiger partial charge in [-0.1, -0.05) is 18.2 Å². The molecule has 0 bridgehead atoms. The zero-order chi connectivity index (χ0) is 27.5. The standard InChI is InChI=1S/C31H31N7O2/c1-37-12-14-38(15-13-37)26-9-7-24(8-10-26)32-20-28-27-17-22(4-11-29(27)36-31(28)40)16-21-2-5-25(6-3-21)35-30(39)23-18-33-34-19-23/h2-11,17-20,36,40H,12-16H2,1H3,(H,33,34)(H,35,39). The molecule has 1 saturated heterocycles. The fraction of sp³-hybridized carbons (Fsp3) is 0.194. The Bertz CT molecular complexity index is 1630. The Labute approximate surface area is 232 Å². The van der Waals surface area contributed by atoms with Crippen molar-refractivity contribution in [2.24, 2.45) is 4.99 Å². The Morgan fingerprint density at radius 1 is 1.02 bits per heavy atom. The van der Waals surface area contributed by atoms with Gasteiger partial charge in [-0.3, -0.25) is 14.9 Å². The van der Waals surface area contributed by atoms with E-state index in [9.17, 15) is 9.90 Å². The lowest BCUT2D eigenvalue weighted by molar-refractivity contribution is 0.102. The topological polar surface area (TPSA) is 113 Å². The first-order valence-corrected chi connectivity index (χ1v) is 13.3. The minimum atomic E-state index is -0.209. The number of aromatic nitrogens is 3. The summed E-state index contributed by atoms with van der Waals surface area (Å²) in [5, 5.41) is 20.8. The summed E-state index contributed by atoms with van der Waals surface area (Å²) in [4.78, 5) is 24.7. The van der Waals surface area contributed by atoms with E-state index in [2.05, 4.69) is 60.5 Å². The Balaban J connectivity index is 1.14. The molecule has 0 saturated carbocycles. The van der Waals surface area contributed by atoms with E-state index >= 15 is 0 Å². The van der Waals surface area contributed by atoms with Crippen LogP contribution in [0.4, 0.5) is 17.1 Å². The van der Waals surface area contributed by atoms with Gasteiger partial charge in [-0.05, 0) is 73.1 Å². The van der Waals surface area contributed by atoms with Gasteiger partial charge in [-0.15, -0.1) is 0 Å². The van der Waals surface area contributed by atoms with Crippen molar-refractivity contribution >= 4 is 40.1 Å². The Kier molecular flexibility index (Phi) is 7.03. The van der Waals surface area contributed by atoms with Gasteiger partial charge in [0.25, 0.3) is 5.91 Å². The number of fused-ring (bicyclic) bond motifs is 1. The molecular weight excluding hydrogens is 502 g/mol. The average Bonchev–Trinajstić information content (AvgIpc) is 3.62. The molecule has 40 heavy (non-hydrogen) atoms. The van der Waals surface area contributed by atoms with Gasteiger partial charge in [0.2, 0.25) is 0 Å². The highest BCUT2D eigenvalue weighted by Gasteiger charge is 2.14. The lowest BCUT2D eigenvalue weighted by atomic mass is 10.0. The molecule has 1 aliphatic heterocycles. The lowest BCUT2D eigenvalue weighted by Crippen LogP contribution is -2.44. The van der Waals surface area contributed by atoms with Crippen LogP contribution in [0.2, 0.25) is 0 Å². The zero-order valence-corrected chi connectivity index (χ0v) is 22.3. The number of nitrogens with one attached hydrogen (secondary N) is 3. The first-order valence-electron chi connectivity index (χ1n) is 13.3. The van der Waals surface area contributed by atoms with E-state index in [1.54, 1.807) is 12.4 Å². The number of carbonyl (C=O) groups excluding carboxylic acids is 1. The number of aliphatic imine (C=N–C) groups is 1. The van der Waals surface area contributed by atoms with Crippen LogP contribution in [0.1, 0.15) is 27.0 Å². The monoisotopic (exact) mass is 533 g/mol. The zero-order valence-electron chi connectivity index (χ0n) is 22.3. The van der Waals surface area contributed by atoms with Crippen molar-refractivity contribution in [2.45, 2.75) is 6.42 Å². The third-order valence-corrected chi connectivity index (χ3v) is 7.32. The maximum Gasteiger partial charge on any atom is 0.258 e. The number of rotatable bonds is 7. The molecule has 3 heterocycles. The molecule has 9 nitrogen and oxygen atoms in total. The van der Waals surface area contributed by atoms with Crippen molar-refractivity contribution in [1.29, 1.82) is 0 Å². The quantitative estimate of drug-likeness (QED) is 0.221. The third kappa shape index (κ3) is 5.60. The molecule has 1 aliphatic rings. The predicted molar refractivity (Wildman–Crippen MR) is 159 cm³/mol. The van der Waals surface area contributed by atoms with Crippen LogP contribution in [0.25, 0.3) is 10.9 Å². The van der Waals surface area contributed by atoms with Gasteiger partial charge in [0.15, 0.2) is 5.88 Å². The van der Waals surface area contributed by atoms with Gasteiger partial charge in [-0.2, -0.15) is 5.10 Å². The molecule has 2 aromatic heterocycles. The molecular formula is C31H31N7O2. The number of anilines is 2. The number of benzene rings is 3. The maximum absolute atomic E-state index is 12.2. The number of aromatic amines is 2. The average molecular weight is 534 g/mol. The number of carbonyl (C=O) groups is 1. The fourth-order valence-corrected chi connectivity index (χ4v) is 4.96. The van der Waals surface area contributed by atoms with Crippen LogP contribution in [-0.4, -0.2) is 70.5 Å². The highest BCUT2D eigenvalue weighted by molar-refractivity contribution is 6.04. The van der Waals surface area contributed by atoms with Gasteiger partial charge >= 0.3 is 0 Å². The minimum Gasteiger partial charge on any atom is -0.494 e. The van der Waals surface area contributed by atoms with E-state index in [-0.39, 0.29) is 11.8 Å². The van der Waals surface area contributed by atoms with E-state index in [4.69, 9.17) is 0 Å². The van der Waals surface area contributed by atoms with E-state index in [1.807, 2.05) is 48.5 Å². The van der Waals surface area contributed by atoms with Crippen LogP contribution in [-0.2, 0) is 6.42 Å². The van der Waals surface area contributed by atoms with Crippen molar-refractivity contribution in [3.8, 4) is 5.88 Å². The smallest absolute Gasteiger partial charge is 0.258 e. The Morgan fingerprint density at radius 3 is 2.50 bits per heavy atom. The second kappa shape index (κ2) is 11.1. The molecule has 0 radical (unpaired) electrons. The predicted octanol–water partition coefficient (Wildman–Crippen LogP) is 4.94. The first kappa shape index (κ1) is 25.4. The molecule has 3 aromatic carbocycles. The number of hydrogen-bond acceptors (Lipinski definition) is 6. The molecule has 202 valence electrons. The second-order valence-corrected chi connectivity index (χ2v) is 10.1. The summed E-state index contributed by atoms with van der Waals surface area (Å²) in [5.41, 5.74) is 6.97. The molecule has 5 aromatic rings. The summed E-state index contributed by atoms with van der Waals surface area (Å²) in [6.07, 6.45) is 5.48. The van der Waals surface area contributed by atoms with E-state index in [1.165, 1.54) is 11.9 Å². The molecule has 0 spiro atoms. The molecule has 0 aliphatic carbocycles. The van der Waals surface area contributed by atoms with Crippen LogP contribution < -0.4 is 10.2 Å². The Hall–Kier alpha value is -4.89. The summed E-state index contributed by atoms with van der Waals surface area (Å²) in [6, 6.07) is 22.1. The number of amides is 1. The largest absolute Gasteiger partial charge is 0.494 e. The maximum atomic E-state index is 12.2. The number of aromatic hydroxyl groups is 1. The van der Waals surface area contributed by atoms with Crippen LogP contribution in [0.5, 0.6) is 5.88 Å². The SMILES string of the molecule is CN1CCN(c2ccc(N=Cc3c(O)[nH]c4ccc(Cc5ccc(NC(=O)c6cn[nH]c6)cc5)cc34)cc2)CC1. The van der Waals surface area contributed by atoms with Gasteiger partial charge in [0.05, 0.1) is 23.0 Å². The number of likely N-dealkylation sites (N-methyl/N-ethyl adjacent to an activating group) is 1. The fourth-order valence-electron chi connectivity index (χ4n) is 4.96. The third-order valence-electron chi connectivity index (χ3n) is 7.32. The highest BCUT2D eigenvalue weighted by atomic mass is 16.3. The number of piperazine rings is 1. The summed E-state index contributed by atoms with van der Waals surface area (Å²) in [5.74, 6) is -0.109. The first-order chi connectivity index (χ1) is 19.5. The van der Waals surface area contributed by atoms with Crippen LogP contribution in [0.3, 0.4) is 0 Å². The molecule has 9 heteroatoms. The summed E-state index contributed by atoms with van der Waals surface area (Å²) in [6.45, 7) is 4.19.